The van der Waals surface area contributed by atoms with E-state index in [1.165, 1.54) is 30.3 Å². The van der Waals surface area contributed by atoms with E-state index in [0.717, 1.165) is 15.1 Å². The van der Waals surface area contributed by atoms with Crippen LogP contribution in [-0.4, -0.2) is 46.9 Å². The summed E-state index contributed by atoms with van der Waals surface area (Å²) in [7, 11) is -2.81. The Kier molecular flexibility index (Phi) is 6.58. The molecule has 196 valence electrons. The number of ether oxygens (including phenoxy) is 1. The predicted molar refractivity (Wildman–Crippen MR) is 142 cm³/mol. The van der Waals surface area contributed by atoms with E-state index >= 15 is 0 Å². The maximum atomic E-state index is 13.7. The Morgan fingerprint density at radius 1 is 1.03 bits per heavy atom. The number of rotatable bonds is 7. The number of fused-ring (bicyclic) bond motifs is 1. The lowest BCUT2D eigenvalue weighted by molar-refractivity contribution is -0.166. The Bertz CT molecular complexity index is 1610. The van der Waals surface area contributed by atoms with E-state index in [1.54, 1.807) is 36.4 Å². The summed E-state index contributed by atoms with van der Waals surface area (Å²) >= 11 is 0. The summed E-state index contributed by atoms with van der Waals surface area (Å²) in [6, 6.07) is 22.4. The minimum absolute atomic E-state index is 0.0245. The first-order valence-electron chi connectivity index (χ1n) is 12.2. The van der Waals surface area contributed by atoms with Crippen LogP contribution < -0.4 is 0 Å². The minimum Gasteiger partial charge on any atom is -0.467 e. The first-order chi connectivity index (χ1) is 18.2. The van der Waals surface area contributed by atoms with Crippen molar-refractivity contribution in [3.8, 4) is 0 Å². The van der Waals surface area contributed by atoms with Crippen molar-refractivity contribution in [1.29, 1.82) is 0 Å². The molecule has 2 heterocycles. The van der Waals surface area contributed by atoms with Crippen LogP contribution in [0.2, 0.25) is 0 Å². The number of methoxy groups -OCH3 is 1. The summed E-state index contributed by atoms with van der Waals surface area (Å²) in [5.74, 6) is -1.06. The van der Waals surface area contributed by atoms with E-state index in [-0.39, 0.29) is 35.8 Å². The van der Waals surface area contributed by atoms with Gasteiger partial charge in [0.05, 0.1) is 17.5 Å². The van der Waals surface area contributed by atoms with Gasteiger partial charge >= 0.3 is 5.97 Å². The summed E-state index contributed by atoms with van der Waals surface area (Å²) in [4.78, 5) is 27.9. The number of hydrogen-bond acceptors (Lipinski definition) is 6. The van der Waals surface area contributed by atoms with Gasteiger partial charge in [-0.25, -0.2) is 17.2 Å². The number of hydrogen-bond donors (Lipinski definition) is 1. The van der Waals surface area contributed by atoms with Gasteiger partial charge in [-0.3, -0.25) is 4.79 Å². The monoisotopic (exact) mass is 532 g/mol. The molecule has 1 N–H and O–H groups in total. The number of likely N-dealkylation sites (tertiary alicyclic amines) is 1. The number of benzene rings is 3. The molecule has 38 heavy (non-hydrogen) atoms. The number of aryl methyl sites for hydroxylation is 1. The zero-order chi connectivity index (χ0) is 27.1. The second-order valence-corrected chi connectivity index (χ2v) is 11.3. The number of carbonyl (C=O) groups excluding carboxylic acids is 2. The summed E-state index contributed by atoms with van der Waals surface area (Å²) < 4.78 is 33.6. The third-order valence-electron chi connectivity index (χ3n) is 7.26. The van der Waals surface area contributed by atoms with E-state index in [2.05, 4.69) is 0 Å². The van der Waals surface area contributed by atoms with Gasteiger partial charge in [-0.15, -0.1) is 0 Å². The van der Waals surface area contributed by atoms with Crippen LogP contribution in [0.15, 0.2) is 90.0 Å². The maximum Gasteiger partial charge on any atom is 0.334 e. The van der Waals surface area contributed by atoms with Crippen molar-refractivity contribution in [2.75, 3.05) is 7.11 Å². The van der Waals surface area contributed by atoms with Crippen molar-refractivity contribution in [3.05, 3.63) is 102 Å². The van der Waals surface area contributed by atoms with Gasteiger partial charge in [-0.05, 0) is 37.1 Å². The van der Waals surface area contributed by atoms with Gasteiger partial charge in [0.15, 0.2) is 5.54 Å². The van der Waals surface area contributed by atoms with Crippen LogP contribution in [0.25, 0.3) is 10.9 Å². The Hall–Kier alpha value is -3.95. The number of aromatic nitrogens is 1. The van der Waals surface area contributed by atoms with Crippen molar-refractivity contribution >= 4 is 32.8 Å². The molecule has 2 atom stereocenters. The molecule has 1 aromatic heterocycles. The number of aliphatic hydroxyl groups is 1. The summed E-state index contributed by atoms with van der Waals surface area (Å²) in [5.41, 5.74) is 0.537. The van der Waals surface area contributed by atoms with Gasteiger partial charge in [0.2, 0.25) is 5.91 Å². The van der Waals surface area contributed by atoms with Crippen molar-refractivity contribution in [1.82, 2.24) is 8.87 Å². The Balaban J connectivity index is 1.67. The number of aliphatic hydroxyl groups excluding tert-OH is 1. The van der Waals surface area contributed by atoms with E-state index in [4.69, 9.17) is 4.74 Å². The highest BCUT2D eigenvalue weighted by molar-refractivity contribution is 7.90. The number of nitrogens with zero attached hydrogens (tertiary/aromatic N) is 2. The highest BCUT2D eigenvalue weighted by atomic mass is 32.2. The molecule has 5 rings (SSSR count). The number of carbonyl (C=O) groups is 2. The zero-order valence-electron chi connectivity index (χ0n) is 21.1. The lowest BCUT2D eigenvalue weighted by atomic mass is 9.84. The predicted octanol–water partition coefficient (Wildman–Crippen LogP) is 3.95. The molecule has 0 spiro atoms. The van der Waals surface area contributed by atoms with Crippen LogP contribution in [-0.2, 0) is 30.9 Å². The van der Waals surface area contributed by atoms with Crippen LogP contribution in [0.3, 0.4) is 0 Å². The van der Waals surface area contributed by atoms with Crippen molar-refractivity contribution in [2.24, 2.45) is 0 Å². The first-order valence-corrected chi connectivity index (χ1v) is 13.7. The van der Waals surface area contributed by atoms with E-state index in [1.807, 2.05) is 37.3 Å². The van der Waals surface area contributed by atoms with Crippen molar-refractivity contribution < 1.29 is 27.9 Å². The molecule has 1 aliphatic rings. The van der Waals surface area contributed by atoms with Gasteiger partial charge in [-0.1, -0.05) is 66.2 Å². The molecule has 0 bridgehead atoms. The Labute approximate surface area is 221 Å². The molecule has 4 aromatic rings. The van der Waals surface area contributed by atoms with Crippen LogP contribution >= 0.6 is 0 Å². The fourth-order valence-electron chi connectivity index (χ4n) is 5.24. The summed E-state index contributed by atoms with van der Waals surface area (Å²) in [6.45, 7) is 1.96. The second kappa shape index (κ2) is 9.74. The van der Waals surface area contributed by atoms with Crippen molar-refractivity contribution in [3.63, 3.8) is 0 Å². The molecule has 1 saturated heterocycles. The van der Waals surface area contributed by atoms with Crippen LogP contribution in [0.4, 0.5) is 0 Å². The maximum absolute atomic E-state index is 13.7. The minimum atomic E-state index is -4.03. The molecule has 2 unspecified atom stereocenters. The van der Waals surface area contributed by atoms with Crippen molar-refractivity contribution in [2.45, 2.75) is 42.8 Å². The fraction of sp³-hybridized carbons (Fsp3) is 0.241. The second-order valence-electron chi connectivity index (χ2n) is 9.50. The van der Waals surface area contributed by atoms with Gasteiger partial charge in [0.1, 0.15) is 6.10 Å². The molecule has 0 aliphatic carbocycles. The van der Waals surface area contributed by atoms with E-state index in [9.17, 15) is 23.1 Å². The molecule has 0 saturated carbocycles. The van der Waals surface area contributed by atoms with E-state index in [0.29, 0.717) is 10.9 Å². The molecule has 0 radical (unpaired) electrons. The van der Waals surface area contributed by atoms with Crippen LogP contribution in [0.5, 0.6) is 0 Å². The highest BCUT2D eigenvalue weighted by Gasteiger charge is 2.58. The molecule has 1 fully saturated rings. The zero-order valence-corrected chi connectivity index (χ0v) is 21.9. The van der Waals surface area contributed by atoms with Gasteiger partial charge in [0.25, 0.3) is 10.0 Å². The summed E-state index contributed by atoms with van der Waals surface area (Å²) in [6.07, 6.45) is -0.140. The van der Waals surface area contributed by atoms with Gasteiger partial charge in [-0.2, -0.15) is 0 Å². The quantitative estimate of drug-likeness (QED) is 0.361. The molecule has 9 heteroatoms. The smallest absolute Gasteiger partial charge is 0.334 e. The average molecular weight is 533 g/mol. The normalized spacial score (nSPS) is 18.6. The van der Waals surface area contributed by atoms with Crippen LogP contribution in [0, 0.1) is 6.92 Å². The van der Waals surface area contributed by atoms with Gasteiger partial charge < -0.3 is 14.7 Å². The number of amides is 1. The molecule has 1 aliphatic heterocycles. The molecule has 3 aromatic carbocycles. The number of para-hydroxylation sites is 1. The SMILES string of the molecule is COC(=O)C1(C(O)c2cn(S(=O)(=O)c3ccc(C)cc3)c3ccccc23)CCC(=O)N1Cc1ccccc1. The molecule has 1 amide bonds. The Morgan fingerprint density at radius 3 is 2.37 bits per heavy atom. The van der Waals surface area contributed by atoms with Gasteiger partial charge in [0, 0.05) is 30.1 Å². The molecular formula is C29H28N2O6S. The average Bonchev–Trinajstić information content (AvgIpc) is 3.48. The van der Waals surface area contributed by atoms with E-state index < -0.39 is 27.6 Å². The molecule has 8 nitrogen and oxygen atoms in total. The Morgan fingerprint density at radius 2 is 1.68 bits per heavy atom. The topological polar surface area (TPSA) is 106 Å². The molecular weight excluding hydrogens is 504 g/mol. The standard InChI is InChI=1S/C29H28N2O6S/c1-20-12-14-22(15-13-20)38(35,36)31-19-24(23-10-6-7-11-25(23)31)27(33)29(28(34)37-2)17-16-26(32)30(29)18-21-8-4-3-5-9-21/h3-15,19,27,33H,16-18H2,1-2H3. The fourth-order valence-corrected chi connectivity index (χ4v) is 6.62. The first kappa shape index (κ1) is 25.7. The highest BCUT2D eigenvalue weighted by Crippen LogP contribution is 2.45. The lowest BCUT2D eigenvalue weighted by Crippen LogP contribution is -2.56. The summed E-state index contributed by atoms with van der Waals surface area (Å²) in [5, 5.41) is 12.4. The largest absolute Gasteiger partial charge is 0.467 e. The van der Waals surface area contributed by atoms with Crippen LogP contribution in [0.1, 0.15) is 35.6 Å². The lowest BCUT2D eigenvalue weighted by Gasteiger charge is -2.39. The third kappa shape index (κ3) is 4.08. The third-order valence-corrected chi connectivity index (χ3v) is 8.95. The number of esters is 1.